The zero-order valence-corrected chi connectivity index (χ0v) is 17.7. The number of aryl methyl sites for hydroxylation is 1. The zero-order valence-electron chi connectivity index (χ0n) is 17.7. The second kappa shape index (κ2) is 10.8. The van der Waals surface area contributed by atoms with Crippen molar-refractivity contribution in [3.05, 3.63) is 59.7 Å². The zero-order chi connectivity index (χ0) is 20.4. The van der Waals surface area contributed by atoms with Crippen molar-refractivity contribution in [1.29, 1.82) is 0 Å². The van der Waals surface area contributed by atoms with Gasteiger partial charge in [-0.2, -0.15) is 0 Å². The van der Waals surface area contributed by atoms with E-state index in [0.29, 0.717) is 11.8 Å². The molecule has 0 fully saturated rings. The minimum atomic E-state index is 0.108. The molecule has 0 heterocycles. The fourth-order valence-electron chi connectivity index (χ4n) is 2.35. The van der Waals surface area contributed by atoms with Gasteiger partial charge in [0.15, 0.2) is 0 Å². The Bertz CT molecular complexity index is 680. The first kappa shape index (κ1) is 22.8. The average molecular weight is 370 g/mol. The molecule has 3 nitrogen and oxygen atoms in total. The molecule has 0 aliphatic rings. The maximum atomic E-state index is 11.4. The minimum absolute atomic E-state index is 0.108. The van der Waals surface area contributed by atoms with Crippen molar-refractivity contribution in [2.75, 3.05) is 12.8 Å². The van der Waals surface area contributed by atoms with E-state index in [9.17, 15) is 4.79 Å². The Balaban J connectivity index is 0.000000271. The number of methoxy groups -OCH3 is 1. The van der Waals surface area contributed by atoms with Gasteiger partial charge < -0.3 is 10.5 Å². The molecule has 0 saturated heterocycles. The Hall–Kier alpha value is -2.29. The predicted molar refractivity (Wildman–Crippen MR) is 115 cm³/mol. The van der Waals surface area contributed by atoms with Crippen molar-refractivity contribution in [3.8, 4) is 5.75 Å². The van der Waals surface area contributed by atoms with Crippen molar-refractivity contribution < 1.29 is 9.53 Å². The Morgan fingerprint density at radius 3 is 1.93 bits per heavy atom. The second-order valence-electron chi connectivity index (χ2n) is 8.45. The SMILES string of the molecule is CC(C)(C)CCc1ccc(N)cc1.COc1ccc(CC(=O)C(C)C)cc1. The van der Waals surface area contributed by atoms with Gasteiger partial charge in [0.25, 0.3) is 0 Å². The van der Waals surface area contributed by atoms with Crippen LogP contribution < -0.4 is 10.5 Å². The molecule has 2 aromatic carbocycles. The van der Waals surface area contributed by atoms with Crippen LogP contribution in [0.15, 0.2) is 48.5 Å². The van der Waals surface area contributed by atoms with E-state index in [4.69, 9.17) is 10.5 Å². The van der Waals surface area contributed by atoms with Crippen LogP contribution in [0.1, 0.15) is 52.2 Å². The van der Waals surface area contributed by atoms with Gasteiger partial charge >= 0.3 is 0 Å². The smallest absolute Gasteiger partial charge is 0.139 e. The molecule has 2 rings (SSSR count). The summed E-state index contributed by atoms with van der Waals surface area (Å²) in [5.41, 5.74) is 9.30. The normalized spacial score (nSPS) is 10.9. The van der Waals surface area contributed by atoms with Crippen LogP contribution in [0.5, 0.6) is 5.75 Å². The number of Topliss-reactive ketones (excluding diaryl/α,β-unsaturated/α-hetero) is 1. The quantitative estimate of drug-likeness (QED) is 0.663. The van der Waals surface area contributed by atoms with E-state index in [2.05, 4.69) is 32.9 Å². The molecule has 0 unspecified atom stereocenters. The fourth-order valence-corrected chi connectivity index (χ4v) is 2.35. The molecule has 0 amide bonds. The van der Waals surface area contributed by atoms with E-state index in [1.807, 2.05) is 50.2 Å². The lowest BCUT2D eigenvalue weighted by Crippen LogP contribution is -2.09. The summed E-state index contributed by atoms with van der Waals surface area (Å²) >= 11 is 0. The fraction of sp³-hybridized carbons (Fsp3) is 0.458. The van der Waals surface area contributed by atoms with E-state index < -0.39 is 0 Å². The third kappa shape index (κ3) is 9.83. The van der Waals surface area contributed by atoms with E-state index >= 15 is 0 Å². The lowest BCUT2D eigenvalue weighted by Gasteiger charge is -2.17. The van der Waals surface area contributed by atoms with Crippen LogP contribution in [0.2, 0.25) is 0 Å². The number of carbonyl (C=O) groups is 1. The first-order valence-electron chi connectivity index (χ1n) is 9.61. The van der Waals surface area contributed by atoms with Gasteiger partial charge in [0.05, 0.1) is 7.11 Å². The van der Waals surface area contributed by atoms with Gasteiger partial charge in [0, 0.05) is 18.0 Å². The molecule has 0 spiro atoms. The van der Waals surface area contributed by atoms with Crippen LogP contribution in [0.3, 0.4) is 0 Å². The van der Waals surface area contributed by atoms with Crippen LogP contribution in [0.4, 0.5) is 5.69 Å². The molecular formula is C24H35NO2. The van der Waals surface area contributed by atoms with Gasteiger partial charge in [-0.15, -0.1) is 0 Å². The first-order valence-corrected chi connectivity index (χ1v) is 9.61. The molecule has 0 atom stereocenters. The lowest BCUT2D eigenvalue weighted by atomic mass is 9.89. The number of anilines is 1. The van der Waals surface area contributed by atoms with E-state index in [-0.39, 0.29) is 11.7 Å². The average Bonchev–Trinajstić information content (AvgIpc) is 2.61. The maximum Gasteiger partial charge on any atom is 0.139 e. The molecule has 0 aliphatic carbocycles. The monoisotopic (exact) mass is 369 g/mol. The number of hydrogen-bond donors (Lipinski definition) is 1. The predicted octanol–water partition coefficient (Wildman–Crippen LogP) is 5.71. The van der Waals surface area contributed by atoms with E-state index in [0.717, 1.165) is 23.4 Å². The van der Waals surface area contributed by atoms with Gasteiger partial charge in [0.2, 0.25) is 0 Å². The number of carbonyl (C=O) groups excluding carboxylic acids is 1. The topological polar surface area (TPSA) is 52.3 Å². The molecule has 2 aromatic rings. The number of benzene rings is 2. The van der Waals surface area contributed by atoms with Crippen molar-refractivity contribution in [1.82, 2.24) is 0 Å². The molecule has 27 heavy (non-hydrogen) atoms. The number of hydrogen-bond acceptors (Lipinski definition) is 3. The molecule has 0 saturated carbocycles. The number of nitrogen functional groups attached to an aromatic ring is 1. The van der Waals surface area contributed by atoms with Crippen molar-refractivity contribution in [2.45, 2.75) is 53.9 Å². The summed E-state index contributed by atoms with van der Waals surface area (Å²) in [5.74, 6) is 1.21. The summed E-state index contributed by atoms with van der Waals surface area (Å²) in [5, 5.41) is 0. The Morgan fingerprint density at radius 1 is 0.963 bits per heavy atom. The third-order valence-corrected chi connectivity index (χ3v) is 4.32. The van der Waals surface area contributed by atoms with Crippen LogP contribution in [0.25, 0.3) is 0 Å². The minimum Gasteiger partial charge on any atom is -0.497 e. The standard InChI is InChI=1S/C12H19N.C12H16O2/c1-12(2,3)9-8-10-4-6-11(13)7-5-10;1-9(2)12(13)8-10-4-6-11(14-3)7-5-10/h4-7H,8-9,13H2,1-3H3;4-7,9H,8H2,1-3H3. The molecule has 0 aromatic heterocycles. The second-order valence-corrected chi connectivity index (χ2v) is 8.45. The van der Waals surface area contributed by atoms with Crippen LogP contribution in [0, 0.1) is 11.3 Å². The summed E-state index contributed by atoms with van der Waals surface area (Å²) in [6.07, 6.45) is 2.88. The molecular weight excluding hydrogens is 334 g/mol. The van der Waals surface area contributed by atoms with Gasteiger partial charge in [-0.1, -0.05) is 58.9 Å². The van der Waals surface area contributed by atoms with Gasteiger partial charge in [0.1, 0.15) is 11.5 Å². The van der Waals surface area contributed by atoms with Gasteiger partial charge in [-0.3, -0.25) is 4.79 Å². The van der Waals surface area contributed by atoms with Gasteiger partial charge in [-0.25, -0.2) is 0 Å². The highest BCUT2D eigenvalue weighted by molar-refractivity contribution is 5.82. The largest absolute Gasteiger partial charge is 0.497 e. The molecule has 3 heteroatoms. The molecule has 0 bridgehead atoms. The summed E-state index contributed by atoms with van der Waals surface area (Å²) in [6, 6.07) is 15.8. The number of nitrogens with two attached hydrogens (primary N) is 1. The van der Waals surface area contributed by atoms with Crippen molar-refractivity contribution in [2.24, 2.45) is 11.3 Å². The Labute approximate surface area is 164 Å². The Morgan fingerprint density at radius 2 is 1.48 bits per heavy atom. The lowest BCUT2D eigenvalue weighted by molar-refractivity contribution is -0.121. The molecule has 148 valence electrons. The highest BCUT2D eigenvalue weighted by Crippen LogP contribution is 2.21. The molecule has 2 N–H and O–H groups in total. The van der Waals surface area contributed by atoms with E-state index in [1.54, 1.807) is 7.11 Å². The van der Waals surface area contributed by atoms with Crippen LogP contribution in [-0.2, 0) is 17.6 Å². The summed E-state index contributed by atoms with van der Waals surface area (Å²) in [7, 11) is 1.63. The third-order valence-electron chi connectivity index (χ3n) is 4.32. The highest BCUT2D eigenvalue weighted by atomic mass is 16.5. The maximum absolute atomic E-state index is 11.4. The first-order chi connectivity index (χ1) is 12.6. The molecule has 0 aliphatic heterocycles. The van der Waals surface area contributed by atoms with E-state index in [1.165, 1.54) is 12.0 Å². The number of ether oxygens (including phenoxy) is 1. The summed E-state index contributed by atoms with van der Waals surface area (Å²) in [6.45, 7) is 10.6. The number of ketones is 1. The highest BCUT2D eigenvalue weighted by Gasteiger charge is 2.09. The van der Waals surface area contributed by atoms with Crippen molar-refractivity contribution >= 4 is 11.5 Å². The molecule has 0 radical (unpaired) electrons. The summed E-state index contributed by atoms with van der Waals surface area (Å²) in [4.78, 5) is 11.4. The summed E-state index contributed by atoms with van der Waals surface area (Å²) < 4.78 is 5.04. The van der Waals surface area contributed by atoms with Crippen LogP contribution >= 0.6 is 0 Å². The van der Waals surface area contributed by atoms with Gasteiger partial charge in [-0.05, 0) is 53.6 Å². The Kier molecular flexibility index (Phi) is 9.07. The van der Waals surface area contributed by atoms with Crippen LogP contribution in [-0.4, -0.2) is 12.9 Å². The number of rotatable bonds is 6. The van der Waals surface area contributed by atoms with Crippen molar-refractivity contribution in [3.63, 3.8) is 0 Å².